The van der Waals surface area contributed by atoms with Crippen LogP contribution in [0.15, 0.2) is 24.3 Å². The maximum atomic E-state index is 12.9. The monoisotopic (exact) mass is 520 g/mol. The number of benzene rings is 1. The Balaban J connectivity index is 1.56. The van der Waals surface area contributed by atoms with E-state index < -0.39 is 5.97 Å². The second-order valence-corrected chi connectivity index (χ2v) is 12.1. The van der Waals surface area contributed by atoms with Crippen LogP contribution in [0, 0.1) is 11.3 Å². The van der Waals surface area contributed by atoms with Gasteiger partial charge in [-0.15, -0.1) is 22.7 Å². The number of hydrogen-bond acceptors (Lipinski definition) is 6. The molecular formula is C24H25ClN2O3S3. The molecule has 5 nitrogen and oxygen atoms in total. The molecule has 2 heterocycles. The van der Waals surface area contributed by atoms with E-state index in [2.05, 4.69) is 31.4 Å². The fourth-order valence-corrected chi connectivity index (χ4v) is 7.18. The van der Waals surface area contributed by atoms with Crippen molar-refractivity contribution in [2.45, 2.75) is 40.0 Å². The smallest absolute Gasteiger partial charge is 0.341 e. The zero-order valence-electron chi connectivity index (χ0n) is 18.8. The first-order valence-corrected chi connectivity index (χ1v) is 13.0. The van der Waals surface area contributed by atoms with Gasteiger partial charge in [0.05, 0.1) is 17.7 Å². The van der Waals surface area contributed by atoms with Crippen LogP contribution in [0.3, 0.4) is 0 Å². The highest BCUT2D eigenvalue weighted by molar-refractivity contribution is 7.80. The summed E-state index contributed by atoms with van der Waals surface area (Å²) in [7, 11) is 1.38. The van der Waals surface area contributed by atoms with Gasteiger partial charge in [0.1, 0.15) is 9.88 Å². The highest BCUT2D eigenvalue weighted by atomic mass is 35.5. The molecule has 2 N–H and O–H groups in total. The summed E-state index contributed by atoms with van der Waals surface area (Å²) in [5, 5.41) is 7.74. The third-order valence-corrected chi connectivity index (χ3v) is 9.12. The van der Waals surface area contributed by atoms with Crippen LogP contribution in [-0.4, -0.2) is 24.1 Å². The summed E-state index contributed by atoms with van der Waals surface area (Å²) in [5.74, 6) is -0.248. The van der Waals surface area contributed by atoms with Crippen LogP contribution in [0.5, 0.6) is 0 Å². The Morgan fingerprint density at radius 1 is 1.21 bits per heavy atom. The predicted octanol–water partition coefficient (Wildman–Crippen LogP) is 6.68. The van der Waals surface area contributed by atoms with Crippen molar-refractivity contribution in [1.29, 1.82) is 0 Å². The molecule has 0 radical (unpaired) electrons. The largest absolute Gasteiger partial charge is 0.465 e. The molecule has 0 bridgehead atoms. The van der Waals surface area contributed by atoms with Gasteiger partial charge in [0, 0.05) is 15.0 Å². The number of ether oxygens (including phenoxy) is 1. The van der Waals surface area contributed by atoms with Crippen LogP contribution in [0.2, 0.25) is 5.02 Å². The van der Waals surface area contributed by atoms with Crippen molar-refractivity contribution in [1.82, 2.24) is 5.32 Å². The molecule has 2 aromatic heterocycles. The van der Waals surface area contributed by atoms with Crippen molar-refractivity contribution >= 4 is 78.6 Å². The molecule has 0 aliphatic heterocycles. The Kier molecular flexibility index (Phi) is 6.82. The number of hydrogen-bond donors (Lipinski definition) is 2. The molecule has 1 aromatic carbocycles. The number of thiophene rings is 2. The lowest BCUT2D eigenvalue weighted by Gasteiger charge is -2.33. The van der Waals surface area contributed by atoms with Crippen LogP contribution in [0.1, 0.15) is 57.7 Å². The molecule has 1 atom stereocenters. The Morgan fingerprint density at radius 2 is 1.94 bits per heavy atom. The van der Waals surface area contributed by atoms with Gasteiger partial charge < -0.3 is 10.1 Å². The summed E-state index contributed by atoms with van der Waals surface area (Å²) in [5.41, 5.74) is 1.73. The molecule has 0 saturated heterocycles. The Labute approximate surface area is 211 Å². The van der Waals surface area contributed by atoms with E-state index in [0.29, 0.717) is 26.4 Å². The van der Waals surface area contributed by atoms with Gasteiger partial charge in [-0.1, -0.05) is 50.6 Å². The average Bonchev–Trinajstić information content (AvgIpc) is 3.29. The number of carbonyl (C=O) groups is 2. The molecule has 1 amide bonds. The molecule has 0 spiro atoms. The third kappa shape index (κ3) is 4.80. The lowest BCUT2D eigenvalue weighted by atomic mass is 9.72. The summed E-state index contributed by atoms with van der Waals surface area (Å²) in [4.78, 5) is 27.0. The molecule has 3 aromatic rings. The van der Waals surface area contributed by atoms with E-state index in [-0.39, 0.29) is 16.4 Å². The summed E-state index contributed by atoms with van der Waals surface area (Å²) < 4.78 is 5.99. The minimum atomic E-state index is -0.397. The highest BCUT2D eigenvalue weighted by Crippen LogP contribution is 2.44. The summed E-state index contributed by atoms with van der Waals surface area (Å²) in [6.07, 6.45) is 2.74. The maximum Gasteiger partial charge on any atom is 0.341 e. The third-order valence-electron chi connectivity index (χ3n) is 6.07. The first-order valence-electron chi connectivity index (χ1n) is 10.6. The van der Waals surface area contributed by atoms with Crippen molar-refractivity contribution in [2.75, 3.05) is 12.4 Å². The van der Waals surface area contributed by atoms with Crippen LogP contribution in [0.25, 0.3) is 10.1 Å². The molecule has 0 saturated carbocycles. The van der Waals surface area contributed by atoms with Crippen LogP contribution in [0.4, 0.5) is 5.00 Å². The summed E-state index contributed by atoms with van der Waals surface area (Å²) >= 11 is 14.7. The van der Waals surface area contributed by atoms with E-state index in [4.69, 9.17) is 28.6 Å². The van der Waals surface area contributed by atoms with Gasteiger partial charge in [-0.3, -0.25) is 10.1 Å². The lowest BCUT2D eigenvalue weighted by molar-refractivity contribution is 0.0600. The number of nitrogens with one attached hydrogen (secondary N) is 2. The topological polar surface area (TPSA) is 67.4 Å². The van der Waals surface area contributed by atoms with E-state index in [1.165, 1.54) is 34.7 Å². The predicted molar refractivity (Wildman–Crippen MR) is 141 cm³/mol. The van der Waals surface area contributed by atoms with Crippen molar-refractivity contribution in [3.8, 4) is 0 Å². The Morgan fingerprint density at radius 3 is 2.61 bits per heavy atom. The van der Waals surface area contributed by atoms with Gasteiger partial charge in [-0.25, -0.2) is 4.79 Å². The minimum Gasteiger partial charge on any atom is -0.465 e. The van der Waals surface area contributed by atoms with Crippen LogP contribution in [-0.2, 0) is 17.6 Å². The highest BCUT2D eigenvalue weighted by Gasteiger charge is 2.34. The molecule has 174 valence electrons. The second kappa shape index (κ2) is 9.33. The number of halogens is 1. The molecule has 0 fully saturated rings. The molecule has 4 rings (SSSR count). The van der Waals surface area contributed by atoms with E-state index in [1.807, 2.05) is 24.3 Å². The quantitative estimate of drug-likeness (QED) is 0.298. The standard InChI is InChI=1S/C24H25ClN2O3S3/c1-24(2,3)12-9-10-13-16(11-12)33-21(17(13)22(29)30-4)27-23(31)26-20(28)19-18(25)14-7-5-6-8-15(14)32-19/h5-8,12H,9-11H2,1-4H3,(H2,26,27,28,31). The molecule has 1 unspecified atom stereocenters. The first-order chi connectivity index (χ1) is 15.6. The minimum absolute atomic E-state index is 0.115. The second-order valence-electron chi connectivity index (χ2n) is 9.15. The number of amides is 1. The molecular weight excluding hydrogens is 496 g/mol. The van der Waals surface area contributed by atoms with Gasteiger partial charge in [-0.2, -0.15) is 0 Å². The lowest BCUT2D eigenvalue weighted by Crippen LogP contribution is -2.34. The van der Waals surface area contributed by atoms with Gasteiger partial charge in [-0.05, 0) is 54.4 Å². The maximum absolute atomic E-state index is 12.9. The Hall–Kier alpha value is -2.00. The molecule has 33 heavy (non-hydrogen) atoms. The number of thiocarbonyl (C=S) groups is 1. The van der Waals surface area contributed by atoms with Crippen molar-refractivity contribution in [3.05, 3.63) is 50.2 Å². The van der Waals surface area contributed by atoms with Crippen LogP contribution < -0.4 is 10.6 Å². The van der Waals surface area contributed by atoms with E-state index in [9.17, 15) is 9.59 Å². The Bertz CT molecular complexity index is 1260. The number of fused-ring (bicyclic) bond motifs is 2. The number of rotatable bonds is 3. The molecule has 1 aliphatic rings. The van der Waals surface area contributed by atoms with Crippen molar-refractivity contribution in [2.24, 2.45) is 11.3 Å². The van der Waals surface area contributed by atoms with Crippen molar-refractivity contribution < 1.29 is 14.3 Å². The van der Waals surface area contributed by atoms with Crippen LogP contribution >= 0.6 is 46.5 Å². The number of esters is 1. The van der Waals surface area contributed by atoms with Gasteiger partial charge in [0.15, 0.2) is 5.11 Å². The van der Waals surface area contributed by atoms with Gasteiger partial charge >= 0.3 is 5.97 Å². The first kappa shape index (κ1) is 24.1. The molecule has 1 aliphatic carbocycles. The number of methoxy groups -OCH3 is 1. The van der Waals surface area contributed by atoms with E-state index in [0.717, 1.165) is 34.9 Å². The van der Waals surface area contributed by atoms with E-state index in [1.54, 1.807) is 0 Å². The van der Waals surface area contributed by atoms with Gasteiger partial charge in [0.25, 0.3) is 5.91 Å². The fraction of sp³-hybridized carbons (Fsp3) is 0.375. The number of carbonyl (C=O) groups excluding carboxylic acids is 2. The number of anilines is 1. The summed E-state index contributed by atoms with van der Waals surface area (Å²) in [6.45, 7) is 6.75. The van der Waals surface area contributed by atoms with E-state index >= 15 is 0 Å². The molecule has 9 heteroatoms. The fourth-order valence-electron chi connectivity index (χ4n) is 4.19. The SMILES string of the molecule is COC(=O)c1c(NC(=S)NC(=O)c2sc3ccccc3c2Cl)sc2c1CCC(C(C)(C)C)C2. The average molecular weight is 521 g/mol. The zero-order valence-corrected chi connectivity index (χ0v) is 22.0. The van der Waals surface area contributed by atoms with Crippen molar-refractivity contribution in [3.63, 3.8) is 0 Å². The normalized spacial score (nSPS) is 15.7. The zero-order chi connectivity index (χ0) is 23.9. The van der Waals surface area contributed by atoms with Gasteiger partial charge in [0.2, 0.25) is 0 Å². The summed E-state index contributed by atoms with van der Waals surface area (Å²) in [6, 6.07) is 7.58.